The van der Waals surface area contributed by atoms with Gasteiger partial charge in [0, 0.05) is 37.6 Å². The zero-order valence-corrected chi connectivity index (χ0v) is 14.0. The van der Waals surface area contributed by atoms with Gasteiger partial charge in [0.2, 0.25) is 11.9 Å². The van der Waals surface area contributed by atoms with Crippen molar-refractivity contribution in [3.05, 3.63) is 17.5 Å². The van der Waals surface area contributed by atoms with Gasteiger partial charge in [0.25, 0.3) is 0 Å². The fourth-order valence-electron chi connectivity index (χ4n) is 3.33. The van der Waals surface area contributed by atoms with E-state index in [0.717, 1.165) is 62.7 Å². The summed E-state index contributed by atoms with van der Waals surface area (Å²) in [6.45, 7) is 7.37. The van der Waals surface area contributed by atoms with E-state index in [1.807, 2.05) is 19.9 Å². The Balaban J connectivity index is 1.45. The number of anilines is 1. The lowest BCUT2D eigenvalue weighted by Crippen LogP contribution is -2.41. The van der Waals surface area contributed by atoms with E-state index in [9.17, 15) is 4.79 Å². The third-order valence-electron chi connectivity index (χ3n) is 4.65. The van der Waals surface area contributed by atoms with Gasteiger partial charge in [0.1, 0.15) is 6.10 Å². The number of carbonyl (C=O) groups is 1. The predicted molar refractivity (Wildman–Crippen MR) is 88.4 cm³/mol. The van der Waals surface area contributed by atoms with Crippen molar-refractivity contribution in [2.45, 2.75) is 45.6 Å². The second-order valence-electron chi connectivity index (χ2n) is 6.63. The predicted octanol–water partition coefficient (Wildman–Crippen LogP) is 1.61. The molecule has 1 aromatic heterocycles. The number of rotatable bonds is 4. The first-order chi connectivity index (χ1) is 11.1. The van der Waals surface area contributed by atoms with E-state index < -0.39 is 0 Å². The molecule has 6 heteroatoms. The van der Waals surface area contributed by atoms with Crippen molar-refractivity contribution in [1.29, 1.82) is 0 Å². The molecule has 0 aliphatic carbocycles. The fraction of sp³-hybridized carbons (Fsp3) is 0.706. The highest BCUT2D eigenvalue weighted by molar-refractivity contribution is 5.80. The van der Waals surface area contributed by atoms with Crippen LogP contribution in [0.4, 0.5) is 5.95 Å². The molecule has 2 aliphatic heterocycles. The molecule has 2 aliphatic rings. The van der Waals surface area contributed by atoms with E-state index in [4.69, 9.17) is 4.74 Å². The van der Waals surface area contributed by atoms with Gasteiger partial charge in [-0.1, -0.05) is 0 Å². The average molecular weight is 318 g/mol. The molecule has 126 valence electrons. The zero-order valence-electron chi connectivity index (χ0n) is 14.0. The molecular weight excluding hydrogens is 292 g/mol. The van der Waals surface area contributed by atoms with Gasteiger partial charge in [0.05, 0.1) is 0 Å². The zero-order chi connectivity index (χ0) is 16.2. The van der Waals surface area contributed by atoms with Crippen molar-refractivity contribution in [2.24, 2.45) is 5.92 Å². The van der Waals surface area contributed by atoms with Gasteiger partial charge in [-0.25, -0.2) is 9.97 Å². The van der Waals surface area contributed by atoms with E-state index >= 15 is 0 Å². The van der Waals surface area contributed by atoms with Crippen LogP contribution in [-0.4, -0.2) is 48.2 Å². The van der Waals surface area contributed by atoms with Crippen molar-refractivity contribution in [3.63, 3.8) is 0 Å². The van der Waals surface area contributed by atoms with Crippen LogP contribution in [0.2, 0.25) is 0 Å². The normalized spacial score (nSPS) is 22.3. The van der Waals surface area contributed by atoms with Crippen LogP contribution < -0.4 is 10.2 Å². The second-order valence-corrected chi connectivity index (χ2v) is 6.63. The van der Waals surface area contributed by atoms with E-state index in [1.165, 1.54) is 0 Å². The maximum atomic E-state index is 12.0. The van der Waals surface area contributed by atoms with Crippen LogP contribution in [0.15, 0.2) is 6.07 Å². The average Bonchev–Trinajstić information content (AvgIpc) is 3.07. The van der Waals surface area contributed by atoms with Crippen LogP contribution in [-0.2, 0) is 9.53 Å². The summed E-state index contributed by atoms with van der Waals surface area (Å²) in [5.41, 5.74) is 2.02. The molecular formula is C17H26N4O2. The van der Waals surface area contributed by atoms with Crippen LogP contribution in [0.25, 0.3) is 0 Å². The number of aromatic nitrogens is 2. The topological polar surface area (TPSA) is 67.4 Å². The smallest absolute Gasteiger partial charge is 0.249 e. The lowest BCUT2D eigenvalue weighted by molar-refractivity contribution is -0.130. The minimum atomic E-state index is -0.223. The summed E-state index contributed by atoms with van der Waals surface area (Å²) in [5.74, 6) is 1.43. The molecule has 2 saturated heterocycles. The number of piperidine rings is 1. The Morgan fingerprint density at radius 3 is 2.57 bits per heavy atom. The van der Waals surface area contributed by atoms with E-state index in [0.29, 0.717) is 12.5 Å². The lowest BCUT2D eigenvalue weighted by Gasteiger charge is -2.32. The Labute approximate surface area is 137 Å². The Bertz CT molecular complexity index is 529. The summed E-state index contributed by atoms with van der Waals surface area (Å²) in [4.78, 5) is 23.3. The second kappa shape index (κ2) is 7.25. The van der Waals surface area contributed by atoms with Crippen molar-refractivity contribution in [1.82, 2.24) is 15.3 Å². The number of hydrogen-bond acceptors (Lipinski definition) is 5. The molecule has 0 radical (unpaired) electrons. The minimum absolute atomic E-state index is 0.0579. The van der Waals surface area contributed by atoms with Gasteiger partial charge in [-0.2, -0.15) is 0 Å². The number of carbonyl (C=O) groups excluding carboxylic acids is 1. The summed E-state index contributed by atoms with van der Waals surface area (Å²) in [6.07, 6.45) is 3.74. The highest BCUT2D eigenvalue weighted by Gasteiger charge is 2.25. The Hall–Kier alpha value is -1.69. The first-order valence-electron chi connectivity index (χ1n) is 8.58. The molecule has 1 atom stereocenters. The summed E-state index contributed by atoms with van der Waals surface area (Å²) < 4.78 is 5.42. The molecule has 1 amide bonds. The highest BCUT2D eigenvalue weighted by Crippen LogP contribution is 2.21. The van der Waals surface area contributed by atoms with Gasteiger partial charge < -0.3 is 15.0 Å². The van der Waals surface area contributed by atoms with Crippen LogP contribution >= 0.6 is 0 Å². The molecule has 0 spiro atoms. The largest absolute Gasteiger partial charge is 0.368 e. The van der Waals surface area contributed by atoms with Gasteiger partial charge >= 0.3 is 0 Å². The van der Waals surface area contributed by atoms with Crippen LogP contribution in [0.3, 0.4) is 0 Å². The fourth-order valence-corrected chi connectivity index (χ4v) is 3.33. The van der Waals surface area contributed by atoms with E-state index in [1.54, 1.807) is 0 Å². The van der Waals surface area contributed by atoms with Gasteiger partial charge in [-0.05, 0) is 51.5 Å². The standard InChI is InChI=1S/C17H26N4O2/c1-12-10-13(2)20-17(19-12)21-7-5-14(6-8-21)11-18-16(22)15-4-3-9-23-15/h10,14-15H,3-9,11H2,1-2H3,(H,18,22)/t15-/m1/s1. The maximum absolute atomic E-state index is 12.0. The third-order valence-corrected chi connectivity index (χ3v) is 4.65. The molecule has 23 heavy (non-hydrogen) atoms. The number of amides is 1. The van der Waals surface area contributed by atoms with Crippen molar-refractivity contribution in [3.8, 4) is 0 Å². The van der Waals surface area contributed by atoms with Gasteiger partial charge in [-0.3, -0.25) is 4.79 Å². The Morgan fingerprint density at radius 2 is 1.96 bits per heavy atom. The highest BCUT2D eigenvalue weighted by atomic mass is 16.5. The molecule has 3 rings (SSSR count). The third kappa shape index (κ3) is 4.19. The van der Waals surface area contributed by atoms with E-state index in [-0.39, 0.29) is 12.0 Å². The van der Waals surface area contributed by atoms with Crippen molar-refractivity contribution < 1.29 is 9.53 Å². The van der Waals surface area contributed by atoms with E-state index in [2.05, 4.69) is 20.2 Å². The first-order valence-corrected chi connectivity index (χ1v) is 8.58. The van der Waals surface area contributed by atoms with Crippen LogP contribution in [0.5, 0.6) is 0 Å². The first kappa shape index (κ1) is 16.2. The molecule has 2 fully saturated rings. The number of aryl methyl sites for hydroxylation is 2. The van der Waals surface area contributed by atoms with Crippen molar-refractivity contribution >= 4 is 11.9 Å². The summed E-state index contributed by atoms with van der Waals surface area (Å²) in [6, 6.07) is 2.00. The monoisotopic (exact) mass is 318 g/mol. The SMILES string of the molecule is Cc1cc(C)nc(N2CCC(CNC(=O)[C@H]3CCCO3)CC2)n1. The lowest BCUT2D eigenvalue weighted by atomic mass is 9.97. The minimum Gasteiger partial charge on any atom is -0.368 e. The number of nitrogens with zero attached hydrogens (tertiary/aromatic N) is 3. The van der Waals surface area contributed by atoms with Crippen LogP contribution in [0, 0.1) is 19.8 Å². The van der Waals surface area contributed by atoms with Crippen molar-refractivity contribution in [2.75, 3.05) is 31.1 Å². The van der Waals surface area contributed by atoms with Crippen LogP contribution in [0.1, 0.15) is 37.1 Å². The quantitative estimate of drug-likeness (QED) is 0.913. The molecule has 0 saturated carbocycles. The maximum Gasteiger partial charge on any atom is 0.249 e. The van der Waals surface area contributed by atoms with Gasteiger partial charge in [-0.15, -0.1) is 0 Å². The molecule has 3 heterocycles. The number of ether oxygens (including phenoxy) is 1. The molecule has 1 aromatic rings. The number of hydrogen-bond donors (Lipinski definition) is 1. The molecule has 1 N–H and O–H groups in total. The number of nitrogens with one attached hydrogen (secondary N) is 1. The molecule has 0 unspecified atom stereocenters. The summed E-state index contributed by atoms with van der Waals surface area (Å²) in [5, 5.41) is 3.05. The Kier molecular flexibility index (Phi) is 5.10. The van der Waals surface area contributed by atoms with Gasteiger partial charge in [0.15, 0.2) is 0 Å². The Morgan fingerprint density at radius 1 is 1.26 bits per heavy atom. The molecule has 0 aromatic carbocycles. The molecule has 0 bridgehead atoms. The summed E-state index contributed by atoms with van der Waals surface area (Å²) >= 11 is 0. The molecule has 6 nitrogen and oxygen atoms in total. The summed E-state index contributed by atoms with van der Waals surface area (Å²) in [7, 11) is 0.